The number of carbonyl (C=O) groups excluding carboxylic acids is 4. The molecule has 2 heterocycles. The van der Waals surface area contributed by atoms with Gasteiger partial charge in [0.25, 0.3) is 11.8 Å². The van der Waals surface area contributed by atoms with E-state index in [1.165, 1.54) is 0 Å². The zero-order chi connectivity index (χ0) is 25.3. The highest BCUT2D eigenvalue weighted by molar-refractivity contribution is 6.00. The monoisotopic (exact) mass is 490 g/mol. The molecule has 2 aromatic carbocycles. The van der Waals surface area contributed by atoms with Crippen LogP contribution in [0.15, 0.2) is 48.5 Å². The molecular weight excluding hydrogens is 456 g/mol. The lowest BCUT2D eigenvalue weighted by atomic mass is 10.1. The number of nitrogens with one attached hydrogen (secondary N) is 2. The number of likely N-dealkylation sites (tertiary alicyclic amines) is 2. The van der Waals surface area contributed by atoms with E-state index in [1.54, 1.807) is 48.5 Å². The molecule has 2 saturated heterocycles. The fourth-order valence-electron chi connectivity index (χ4n) is 4.69. The van der Waals surface area contributed by atoms with Crippen molar-refractivity contribution in [3.8, 4) is 0 Å². The lowest BCUT2D eigenvalue weighted by molar-refractivity contribution is -0.121. The zero-order valence-corrected chi connectivity index (χ0v) is 20.6. The number of nitrogens with zero attached hydrogens (tertiary/aromatic N) is 2. The van der Waals surface area contributed by atoms with Crippen molar-refractivity contribution in [1.29, 1.82) is 0 Å². The van der Waals surface area contributed by atoms with Crippen LogP contribution in [0.5, 0.6) is 0 Å². The first-order valence-corrected chi connectivity index (χ1v) is 12.9. The van der Waals surface area contributed by atoms with E-state index in [4.69, 9.17) is 0 Å². The van der Waals surface area contributed by atoms with E-state index in [0.29, 0.717) is 22.5 Å². The van der Waals surface area contributed by atoms with Crippen LogP contribution < -0.4 is 10.6 Å². The molecule has 0 aromatic heterocycles. The fraction of sp³-hybridized carbons (Fsp3) is 0.429. The van der Waals surface area contributed by atoms with E-state index in [-0.39, 0.29) is 36.5 Å². The molecular formula is C28H34N4O4. The van der Waals surface area contributed by atoms with Crippen LogP contribution in [0.3, 0.4) is 0 Å². The Morgan fingerprint density at radius 1 is 0.583 bits per heavy atom. The summed E-state index contributed by atoms with van der Waals surface area (Å²) in [5.41, 5.74) is 2.16. The maximum absolute atomic E-state index is 12.7. The van der Waals surface area contributed by atoms with Crippen molar-refractivity contribution in [2.75, 3.05) is 36.8 Å². The minimum Gasteiger partial charge on any atom is -0.339 e. The third-order valence-electron chi connectivity index (χ3n) is 6.65. The van der Waals surface area contributed by atoms with Crippen LogP contribution in [0.2, 0.25) is 0 Å². The summed E-state index contributed by atoms with van der Waals surface area (Å²) in [4.78, 5) is 54.0. The summed E-state index contributed by atoms with van der Waals surface area (Å²) in [6.45, 7) is 3.05. The third-order valence-corrected chi connectivity index (χ3v) is 6.65. The molecule has 8 nitrogen and oxygen atoms in total. The molecule has 0 saturated carbocycles. The second-order valence-electron chi connectivity index (χ2n) is 9.46. The first kappa shape index (κ1) is 25.4. The highest BCUT2D eigenvalue weighted by Gasteiger charge is 2.20. The van der Waals surface area contributed by atoms with E-state index in [1.807, 2.05) is 9.80 Å². The molecule has 0 aliphatic carbocycles. The molecule has 2 aliphatic rings. The van der Waals surface area contributed by atoms with E-state index in [2.05, 4.69) is 10.6 Å². The van der Waals surface area contributed by atoms with Crippen molar-refractivity contribution in [2.24, 2.45) is 0 Å². The molecule has 4 amide bonds. The summed E-state index contributed by atoms with van der Waals surface area (Å²) in [7, 11) is 0. The summed E-state index contributed by atoms with van der Waals surface area (Å²) >= 11 is 0. The van der Waals surface area contributed by atoms with Gasteiger partial charge in [0.1, 0.15) is 0 Å². The Kier molecular flexibility index (Phi) is 8.71. The number of piperidine rings is 2. The van der Waals surface area contributed by atoms with Gasteiger partial charge in [0.15, 0.2) is 0 Å². The Bertz CT molecular complexity index is 1020. The van der Waals surface area contributed by atoms with Crippen LogP contribution in [0.1, 0.15) is 72.1 Å². The van der Waals surface area contributed by atoms with Crippen LogP contribution >= 0.6 is 0 Å². The van der Waals surface area contributed by atoms with Crippen LogP contribution in [-0.2, 0) is 9.59 Å². The molecule has 190 valence electrons. The quantitative estimate of drug-likeness (QED) is 0.605. The largest absolute Gasteiger partial charge is 0.339 e. The van der Waals surface area contributed by atoms with Crippen LogP contribution in [0.4, 0.5) is 11.4 Å². The Morgan fingerprint density at radius 2 is 0.972 bits per heavy atom. The fourth-order valence-corrected chi connectivity index (χ4v) is 4.69. The number of amides is 4. The van der Waals surface area contributed by atoms with Crippen molar-refractivity contribution >= 4 is 35.0 Å². The van der Waals surface area contributed by atoms with Crippen molar-refractivity contribution in [3.63, 3.8) is 0 Å². The molecule has 2 aromatic rings. The maximum atomic E-state index is 12.7. The number of benzene rings is 2. The summed E-state index contributed by atoms with van der Waals surface area (Å²) in [6, 6.07) is 13.8. The second kappa shape index (κ2) is 12.3. The van der Waals surface area contributed by atoms with Gasteiger partial charge in [-0.3, -0.25) is 19.2 Å². The summed E-state index contributed by atoms with van der Waals surface area (Å²) in [5, 5.41) is 5.56. The molecule has 8 heteroatoms. The third kappa shape index (κ3) is 6.93. The normalized spacial score (nSPS) is 15.8. The van der Waals surface area contributed by atoms with E-state index in [0.717, 1.165) is 64.7 Å². The average Bonchev–Trinajstić information content (AvgIpc) is 2.92. The molecule has 2 N–H and O–H groups in total. The van der Waals surface area contributed by atoms with Crippen molar-refractivity contribution in [3.05, 3.63) is 59.7 Å². The number of carbonyl (C=O) groups is 4. The Labute approximate surface area is 212 Å². The molecule has 0 unspecified atom stereocenters. The van der Waals surface area contributed by atoms with Gasteiger partial charge in [-0.2, -0.15) is 0 Å². The zero-order valence-electron chi connectivity index (χ0n) is 20.6. The van der Waals surface area contributed by atoms with Gasteiger partial charge < -0.3 is 20.4 Å². The van der Waals surface area contributed by atoms with Gasteiger partial charge in [-0.1, -0.05) is 12.1 Å². The second-order valence-corrected chi connectivity index (χ2v) is 9.46. The van der Waals surface area contributed by atoms with Gasteiger partial charge in [-0.15, -0.1) is 0 Å². The summed E-state index contributed by atoms with van der Waals surface area (Å²) in [5.74, 6) is -0.652. The molecule has 0 atom stereocenters. The smallest absolute Gasteiger partial charge is 0.253 e. The van der Waals surface area contributed by atoms with Gasteiger partial charge in [0.2, 0.25) is 11.8 Å². The van der Waals surface area contributed by atoms with Gasteiger partial charge in [-0.25, -0.2) is 0 Å². The van der Waals surface area contributed by atoms with E-state index in [9.17, 15) is 19.2 Å². The SMILES string of the molecule is O=C(CCC(=O)Nc1cccc(C(=O)N2CCCCC2)c1)Nc1cccc(C(=O)N2CCCCC2)c1. The Morgan fingerprint density at radius 3 is 1.36 bits per heavy atom. The van der Waals surface area contributed by atoms with Gasteiger partial charge in [0.05, 0.1) is 0 Å². The van der Waals surface area contributed by atoms with Gasteiger partial charge in [-0.05, 0) is 74.9 Å². The van der Waals surface area contributed by atoms with Crippen LogP contribution in [0, 0.1) is 0 Å². The standard InChI is InChI=1S/C28H34N4O4/c33-25(29-23-11-7-9-21(19-23)27(35)31-15-3-1-4-16-31)13-14-26(34)30-24-12-8-10-22(20-24)28(36)32-17-5-2-6-18-32/h7-12,19-20H,1-6,13-18H2,(H,29,33)(H,30,34). The number of rotatable bonds is 7. The first-order valence-electron chi connectivity index (χ1n) is 12.9. The lowest BCUT2D eigenvalue weighted by Gasteiger charge is -2.26. The Hall–Kier alpha value is -3.68. The lowest BCUT2D eigenvalue weighted by Crippen LogP contribution is -2.35. The van der Waals surface area contributed by atoms with E-state index < -0.39 is 0 Å². The summed E-state index contributed by atoms with van der Waals surface area (Å²) in [6.07, 6.45) is 6.37. The van der Waals surface area contributed by atoms with Crippen molar-refractivity contribution in [2.45, 2.75) is 51.4 Å². The van der Waals surface area contributed by atoms with Crippen molar-refractivity contribution < 1.29 is 19.2 Å². The molecule has 0 spiro atoms. The Balaban J connectivity index is 1.26. The number of hydrogen-bond donors (Lipinski definition) is 2. The molecule has 2 aliphatic heterocycles. The number of hydrogen-bond acceptors (Lipinski definition) is 4. The number of anilines is 2. The minimum atomic E-state index is -0.304. The van der Waals surface area contributed by atoms with Crippen molar-refractivity contribution in [1.82, 2.24) is 9.80 Å². The predicted molar refractivity (Wildman–Crippen MR) is 139 cm³/mol. The highest BCUT2D eigenvalue weighted by atomic mass is 16.2. The molecule has 0 radical (unpaired) electrons. The van der Waals surface area contributed by atoms with Crippen LogP contribution in [-0.4, -0.2) is 59.6 Å². The topological polar surface area (TPSA) is 98.8 Å². The van der Waals surface area contributed by atoms with Crippen LogP contribution in [0.25, 0.3) is 0 Å². The minimum absolute atomic E-state index is 0.00251. The summed E-state index contributed by atoms with van der Waals surface area (Å²) < 4.78 is 0. The molecule has 2 fully saturated rings. The van der Waals surface area contributed by atoms with E-state index >= 15 is 0 Å². The predicted octanol–water partition coefficient (Wildman–Crippen LogP) is 4.30. The van der Waals surface area contributed by atoms with Gasteiger partial charge in [0, 0.05) is 61.5 Å². The molecule has 0 bridgehead atoms. The molecule has 36 heavy (non-hydrogen) atoms. The first-order chi connectivity index (χ1) is 17.5. The van der Waals surface area contributed by atoms with Gasteiger partial charge >= 0.3 is 0 Å². The maximum Gasteiger partial charge on any atom is 0.253 e. The molecule has 4 rings (SSSR count). The average molecular weight is 491 g/mol. The highest BCUT2D eigenvalue weighted by Crippen LogP contribution is 2.18.